The highest BCUT2D eigenvalue weighted by molar-refractivity contribution is 5.98. The zero-order valence-corrected chi connectivity index (χ0v) is 41.4. The van der Waals surface area contributed by atoms with Crippen molar-refractivity contribution in [2.75, 3.05) is 13.6 Å². The molecular formula is C50H72N8O12. The van der Waals surface area contributed by atoms with Crippen LogP contribution in [-0.4, -0.2) is 135 Å². The maximum absolute atomic E-state index is 15.0. The minimum atomic E-state index is -1.68. The number of aliphatic hydroxyl groups excluding tert-OH is 1. The number of nitrogens with one attached hydrogen (secondary N) is 5. The molecule has 0 radical (unpaired) electrons. The molecule has 2 heterocycles. The molecule has 2 aliphatic heterocycles. The zero-order chi connectivity index (χ0) is 52.0. The molecule has 9 atom stereocenters. The van der Waals surface area contributed by atoms with E-state index in [4.69, 9.17) is 10.5 Å². The molecule has 2 saturated heterocycles. The van der Waals surface area contributed by atoms with Crippen molar-refractivity contribution in [3.05, 3.63) is 65.7 Å². The SMILES string of the molecule is CC(C)C[C@@H]1NC(=O)[C@@H](NC(=O)[C@H](CCCNC(N)=O)CC(=O)C(C)C)[C@@H](C)OC(=O)[C@H](C(C)C)NC(=O)[C@H](Cc2ccc(O)cc2)N(C)C(=O)[C@H](Cc2ccccc2)N2C(=O)C(CC[C@@H]2O)NC1=O. The van der Waals surface area contributed by atoms with Crippen LogP contribution in [-0.2, 0) is 55.9 Å². The Kier molecular flexibility index (Phi) is 20.7. The summed E-state index contributed by atoms with van der Waals surface area (Å²) in [5.41, 5.74) is 6.36. The largest absolute Gasteiger partial charge is 0.508 e. The number of hydrogen-bond donors (Lipinski definition) is 8. The van der Waals surface area contributed by atoms with Crippen molar-refractivity contribution in [1.82, 2.24) is 36.4 Å². The van der Waals surface area contributed by atoms with Gasteiger partial charge >= 0.3 is 12.0 Å². The van der Waals surface area contributed by atoms with Gasteiger partial charge in [0.1, 0.15) is 60.1 Å². The fourth-order valence-corrected chi connectivity index (χ4v) is 8.53. The Bertz CT molecular complexity index is 2170. The highest BCUT2D eigenvalue weighted by Crippen LogP contribution is 2.26. The standard InChI is InChI=1S/C50H72N8O12/c1-27(2)23-36-44(63)53-35-20-21-40(61)58(47(35)66)38(25-31-13-10-9-11-14-31)48(67)57(8)37(24-32-16-18-34(59)19-17-32)45(64)55-41(29(5)6)49(68)70-30(7)42(46(65)54-36)56-43(62)33(26-39(60)28(3)4)15-12-22-52-50(51)69/h9-11,13-14,16-19,27-30,33,35-38,40-42,59,61H,12,15,20-26H2,1-8H3,(H,53,63)(H,54,65)(H,55,64)(H,56,62)(H3,51,52,69)/t30-,33-,35?,36+,37+,38+,40+,41+,42+/m1/s1. The number of primary amides is 1. The van der Waals surface area contributed by atoms with Crippen molar-refractivity contribution in [2.24, 2.45) is 29.4 Å². The van der Waals surface area contributed by atoms with Crippen LogP contribution in [0.4, 0.5) is 4.79 Å². The number of benzene rings is 2. The van der Waals surface area contributed by atoms with Crippen molar-refractivity contribution >= 4 is 53.2 Å². The van der Waals surface area contributed by atoms with E-state index in [2.05, 4.69) is 26.6 Å². The number of esters is 1. The van der Waals surface area contributed by atoms with Crippen LogP contribution in [0, 0.1) is 23.7 Å². The van der Waals surface area contributed by atoms with Crippen LogP contribution in [0.3, 0.4) is 0 Å². The van der Waals surface area contributed by atoms with Gasteiger partial charge in [-0.3, -0.25) is 33.6 Å². The van der Waals surface area contributed by atoms with E-state index in [1.54, 1.807) is 84.0 Å². The number of nitrogens with zero attached hydrogens (tertiary/aromatic N) is 2. The molecule has 0 saturated carbocycles. The molecule has 2 aliphatic rings. The van der Waals surface area contributed by atoms with Gasteiger partial charge in [-0.2, -0.15) is 0 Å². The number of cyclic esters (lactones) is 1. The number of carbonyl (C=O) groups excluding carboxylic acids is 9. The lowest BCUT2D eigenvalue weighted by Gasteiger charge is -2.43. The van der Waals surface area contributed by atoms with Crippen molar-refractivity contribution in [3.63, 3.8) is 0 Å². The number of phenolic OH excluding ortho intramolecular Hbond substituents is 1. The molecular weight excluding hydrogens is 905 g/mol. The minimum Gasteiger partial charge on any atom is -0.508 e. The molecule has 9 N–H and O–H groups in total. The molecule has 0 aromatic heterocycles. The van der Waals surface area contributed by atoms with Gasteiger partial charge in [0.25, 0.3) is 0 Å². The Labute approximate surface area is 409 Å². The van der Waals surface area contributed by atoms with E-state index in [0.29, 0.717) is 11.1 Å². The van der Waals surface area contributed by atoms with Crippen LogP contribution < -0.4 is 32.3 Å². The van der Waals surface area contributed by atoms with Crippen LogP contribution in [0.2, 0.25) is 0 Å². The van der Waals surface area contributed by atoms with Gasteiger partial charge in [-0.05, 0) is 74.1 Å². The highest BCUT2D eigenvalue weighted by atomic mass is 16.5. The summed E-state index contributed by atoms with van der Waals surface area (Å²) in [6.45, 7) is 11.7. The topological polar surface area (TPSA) is 296 Å². The molecule has 8 amide bonds. The second-order valence-electron chi connectivity index (χ2n) is 19.4. The normalized spacial score (nSPS) is 24.7. The number of amides is 8. The van der Waals surface area contributed by atoms with Crippen molar-refractivity contribution in [2.45, 2.75) is 148 Å². The number of aliphatic hydroxyl groups is 1. The third kappa shape index (κ3) is 15.7. The quantitative estimate of drug-likeness (QED) is 0.0879. The number of Topliss-reactive ketones (excluding diaryl/α,β-unsaturated/α-hetero) is 1. The average molecular weight is 977 g/mol. The number of rotatable bonds is 16. The Hall–Kier alpha value is -6.57. The van der Waals surface area contributed by atoms with Crippen LogP contribution in [0.1, 0.15) is 98.1 Å². The fraction of sp³-hybridized carbons (Fsp3) is 0.580. The summed E-state index contributed by atoms with van der Waals surface area (Å²) in [5.74, 6) is -8.43. The van der Waals surface area contributed by atoms with E-state index in [1.807, 2.05) is 0 Å². The number of ether oxygens (including phenoxy) is 1. The molecule has 2 aromatic carbocycles. The number of nitrogens with two attached hydrogens (primary N) is 1. The predicted octanol–water partition coefficient (Wildman–Crippen LogP) is 1.58. The summed E-state index contributed by atoms with van der Waals surface area (Å²) in [4.78, 5) is 128. The Balaban J connectivity index is 1.86. The first-order valence-electron chi connectivity index (χ1n) is 24.1. The Morgan fingerprint density at radius 2 is 1.44 bits per heavy atom. The summed E-state index contributed by atoms with van der Waals surface area (Å²) in [5, 5.41) is 34.9. The van der Waals surface area contributed by atoms with E-state index in [1.165, 1.54) is 26.1 Å². The highest BCUT2D eigenvalue weighted by Gasteiger charge is 2.46. The first-order valence-corrected chi connectivity index (χ1v) is 24.1. The van der Waals surface area contributed by atoms with Crippen LogP contribution >= 0.6 is 0 Å². The van der Waals surface area contributed by atoms with Gasteiger partial charge in [0.15, 0.2) is 0 Å². The van der Waals surface area contributed by atoms with Crippen LogP contribution in [0.15, 0.2) is 54.6 Å². The van der Waals surface area contributed by atoms with E-state index in [0.717, 1.165) is 9.80 Å². The van der Waals surface area contributed by atoms with Crippen molar-refractivity contribution < 1.29 is 58.1 Å². The smallest absolute Gasteiger partial charge is 0.329 e. The maximum Gasteiger partial charge on any atom is 0.329 e. The van der Waals surface area contributed by atoms with Crippen LogP contribution in [0.25, 0.3) is 0 Å². The first-order chi connectivity index (χ1) is 33.0. The molecule has 4 rings (SSSR count). The Morgan fingerprint density at radius 1 is 0.814 bits per heavy atom. The molecule has 0 aliphatic carbocycles. The number of phenols is 1. The van der Waals surface area contributed by atoms with E-state index < -0.39 is 114 Å². The Morgan fingerprint density at radius 3 is 2.04 bits per heavy atom. The van der Waals surface area contributed by atoms with Gasteiger partial charge in [-0.1, -0.05) is 84.0 Å². The number of likely N-dealkylation sites (N-methyl/N-ethyl adjacent to an activating group) is 1. The first kappa shape index (κ1) is 56.0. The molecule has 2 bridgehead atoms. The van der Waals surface area contributed by atoms with Gasteiger partial charge in [0.2, 0.25) is 35.4 Å². The van der Waals surface area contributed by atoms with Crippen molar-refractivity contribution in [3.8, 4) is 5.75 Å². The summed E-state index contributed by atoms with van der Waals surface area (Å²) in [6.07, 6.45) is -3.15. The predicted molar refractivity (Wildman–Crippen MR) is 257 cm³/mol. The maximum atomic E-state index is 15.0. The second-order valence-corrected chi connectivity index (χ2v) is 19.4. The van der Waals surface area contributed by atoms with Crippen LogP contribution in [0.5, 0.6) is 5.75 Å². The number of urea groups is 1. The number of ketones is 1. The summed E-state index contributed by atoms with van der Waals surface area (Å²) in [7, 11) is 1.37. The van der Waals surface area contributed by atoms with Gasteiger partial charge in [-0.25, -0.2) is 9.59 Å². The van der Waals surface area contributed by atoms with E-state index in [9.17, 15) is 48.6 Å². The molecule has 384 valence electrons. The number of piperidine rings is 1. The molecule has 2 aromatic rings. The van der Waals surface area contributed by atoms with Gasteiger partial charge < -0.3 is 57.1 Å². The lowest BCUT2D eigenvalue weighted by molar-refractivity contribution is -0.165. The second kappa shape index (κ2) is 25.9. The third-order valence-corrected chi connectivity index (χ3v) is 12.7. The summed E-state index contributed by atoms with van der Waals surface area (Å²) in [6, 6.07) is 5.46. The number of aromatic hydroxyl groups is 1. The fourth-order valence-electron chi connectivity index (χ4n) is 8.53. The molecule has 20 heteroatoms. The number of carbonyl (C=O) groups is 9. The summed E-state index contributed by atoms with van der Waals surface area (Å²) < 4.78 is 5.92. The van der Waals surface area contributed by atoms with Gasteiger partial charge in [0, 0.05) is 44.7 Å². The number of hydrogen-bond acceptors (Lipinski definition) is 12. The average Bonchev–Trinajstić information content (AvgIpc) is 3.29. The molecule has 1 unspecified atom stereocenters. The zero-order valence-electron chi connectivity index (χ0n) is 41.4. The van der Waals surface area contributed by atoms with Gasteiger partial charge in [-0.15, -0.1) is 0 Å². The van der Waals surface area contributed by atoms with Gasteiger partial charge in [0.05, 0.1) is 0 Å². The lowest BCUT2D eigenvalue weighted by Crippen LogP contribution is -2.65. The molecule has 2 fully saturated rings. The van der Waals surface area contributed by atoms with E-state index in [-0.39, 0.29) is 75.4 Å². The minimum absolute atomic E-state index is 0.0355. The molecule has 70 heavy (non-hydrogen) atoms. The van der Waals surface area contributed by atoms with E-state index >= 15 is 4.79 Å². The summed E-state index contributed by atoms with van der Waals surface area (Å²) >= 11 is 0. The monoisotopic (exact) mass is 977 g/mol. The lowest BCUT2D eigenvalue weighted by atomic mass is 9.91. The number of fused-ring (bicyclic) bond motifs is 2. The molecule has 20 nitrogen and oxygen atoms in total. The van der Waals surface area contributed by atoms with Crippen molar-refractivity contribution in [1.29, 1.82) is 0 Å². The third-order valence-electron chi connectivity index (χ3n) is 12.7. The molecule has 0 spiro atoms.